The molecule has 1 amide bonds. The van der Waals surface area contributed by atoms with E-state index in [1.165, 1.54) is 5.56 Å². The first kappa shape index (κ1) is 17.2. The molecule has 1 aromatic rings. The Hall–Kier alpha value is -1.84. The molecule has 0 aliphatic carbocycles. The molecule has 21 heavy (non-hydrogen) atoms. The van der Waals surface area contributed by atoms with E-state index in [0.717, 1.165) is 6.42 Å². The van der Waals surface area contributed by atoms with E-state index in [1.807, 2.05) is 32.0 Å². The Balaban J connectivity index is 2.38. The largest absolute Gasteiger partial charge is 0.481 e. The fourth-order valence-electron chi connectivity index (χ4n) is 2.22. The summed E-state index contributed by atoms with van der Waals surface area (Å²) in [5.41, 5.74) is 0.751. The van der Waals surface area contributed by atoms with Crippen LogP contribution in [0, 0.1) is 0 Å². The van der Waals surface area contributed by atoms with E-state index >= 15 is 0 Å². The van der Waals surface area contributed by atoms with Crippen LogP contribution in [0.3, 0.4) is 0 Å². The first-order chi connectivity index (χ1) is 9.80. The summed E-state index contributed by atoms with van der Waals surface area (Å²) in [5.74, 6) is -0.526. The number of carboxylic acid groups (broad SMARTS) is 1. The molecular weight excluding hydrogens is 266 g/mol. The zero-order valence-corrected chi connectivity index (χ0v) is 13.1. The highest BCUT2D eigenvalue weighted by Crippen LogP contribution is 2.20. The molecule has 116 valence electrons. The van der Waals surface area contributed by atoms with Crippen LogP contribution < -0.4 is 5.32 Å². The number of carbonyl (C=O) groups is 2. The van der Waals surface area contributed by atoms with E-state index in [2.05, 4.69) is 24.4 Å². The molecule has 0 saturated carbocycles. The SMILES string of the molecule is CC(CCC(=O)NC(C)(C)CCC(=O)O)c1ccccc1. The molecule has 1 unspecified atom stereocenters. The smallest absolute Gasteiger partial charge is 0.303 e. The Morgan fingerprint density at radius 2 is 1.81 bits per heavy atom. The van der Waals surface area contributed by atoms with Crippen LogP contribution in [0.25, 0.3) is 0 Å². The van der Waals surface area contributed by atoms with Gasteiger partial charge >= 0.3 is 5.97 Å². The first-order valence-corrected chi connectivity index (χ1v) is 7.38. The van der Waals surface area contributed by atoms with Gasteiger partial charge in [-0.05, 0) is 38.2 Å². The summed E-state index contributed by atoms with van der Waals surface area (Å²) in [6.07, 6.45) is 1.73. The number of nitrogens with one attached hydrogen (secondary N) is 1. The van der Waals surface area contributed by atoms with Crippen molar-refractivity contribution in [2.75, 3.05) is 0 Å². The number of aliphatic carboxylic acids is 1. The highest BCUT2D eigenvalue weighted by molar-refractivity contribution is 5.77. The second-order valence-corrected chi connectivity index (χ2v) is 6.18. The molecule has 1 atom stereocenters. The second kappa shape index (κ2) is 7.81. The summed E-state index contributed by atoms with van der Waals surface area (Å²) in [4.78, 5) is 22.6. The molecule has 0 saturated heterocycles. The van der Waals surface area contributed by atoms with Gasteiger partial charge in [-0.2, -0.15) is 0 Å². The van der Waals surface area contributed by atoms with Crippen LogP contribution in [0.15, 0.2) is 30.3 Å². The average molecular weight is 291 g/mol. The number of amides is 1. The standard InChI is InChI=1S/C17H25NO3/c1-13(14-7-5-4-6-8-14)9-10-15(19)18-17(2,3)12-11-16(20)21/h4-8,13H,9-12H2,1-3H3,(H,18,19)(H,20,21). The quantitative estimate of drug-likeness (QED) is 0.772. The maximum atomic E-state index is 12.0. The van der Waals surface area contributed by atoms with Gasteiger partial charge in [0.2, 0.25) is 5.91 Å². The Morgan fingerprint density at radius 3 is 2.38 bits per heavy atom. The minimum absolute atomic E-state index is 0.0202. The number of hydrogen-bond acceptors (Lipinski definition) is 2. The topological polar surface area (TPSA) is 66.4 Å². The molecule has 1 aromatic carbocycles. The number of rotatable bonds is 8. The van der Waals surface area contributed by atoms with E-state index in [1.54, 1.807) is 0 Å². The number of benzene rings is 1. The van der Waals surface area contributed by atoms with Crippen molar-refractivity contribution in [3.05, 3.63) is 35.9 Å². The Kier molecular flexibility index (Phi) is 6.40. The van der Waals surface area contributed by atoms with E-state index in [0.29, 0.717) is 18.8 Å². The van der Waals surface area contributed by atoms with E-state index in [9.17, 15) is 9.59 Å². The molecule has 1 rings (SSSR count). The van der Waals surface area contributed by atoms with Gasteiger partial charge in [0.15, 0.2) is 0 Å². The third-order valence-corrected chi connectivity index (χ3v) is 3.61. The maximum Gasteiger partial charge on any atom is 0.303 e. The maximum absolute atomic E-state index is 12.0. The molecule has 4 heteroatoms. The Labute approximate surface area is 126 Å². The fraction of sp³-hybridized carbons (Fsp3) is 0.529. The third kappa shape index (κ3) is 6.93. The molecule has 0 bridgehead atoms. The van der Waals surface area contributed by atoms with Gasteiger partial charge < -0.3 is 10.4 Å². The summed E-state index contributed by atoms with van der Waals surface area (Å²) >= 11 is 0. The van der Waals surface area contributed by atoms with Gasteiger partial charge in [0, 0.05) is 18.4 Å². The highest BCUT2D eigenvalue weighted by Gasteiger charge is 2.21. The van der Waals surface area contributed by atoms with Gasteiger partial charge in [-0.25, -0.2) is 0 Å². The average Bonchev–Trinajstić information content (AvgIpc) is 2.43. The lowest BCUT2D eigenvalue weighted by Gasteiger charge is -2.26. The van der Waals surface area contributed by atoms with Crippen LogP contribution in [0.5, 0.6) is 0 Å². The minimum Gasteiger partial charge on any atom is -0.481 e. The van der Waals surface area contributed by atoms with Crippen molar-refractivity contribution < 1.29 is 14.7 Å². The van der Waals surface area contributed by atoms with Crippen LogP contribution in [-0.2, 0) is 9.59 Å². The predicted molar refractivity (Wildman–Crippen MR) is 83.2 cm³/mol. The molecule has 0 radical (unpaired) electrons. The third-order valence-electron chi connectivity index (χ3n) is 3.61. The van der Waals surface area contributed by atoms with Gasteiger partial charge in [0.1, 0.15) is 0 Å². The first-order valence-electron chi connectivity index (χ1n) is 7.38. The number of carbonyl (C=O) groups excluding carboxylic acids is 1. The lowest BCUT2D eigenvalue weighted by molar-refractivity contribution is -0.137. The second-order valence-electron chi connectivity index (χ2n) is 6.18. The normalized spacial score (nSPS) is 12.7. The van der Waals surface area contributed by atoms with Crippen molar-refractivity contribution in [3.63, 3.8) is 0 Å². The summed E-state index contributed by atoms with van der Waals surface area (Å²) in [6.45, 7) is 5.82. The molecular formula is C17H25NO3. The van der Waals surface area contributed by atoms with E-state index in [-0.39, 0.29) is 12.3 Å². The molecule has 0 heterocycles. The van der Waals surface area contributed by atoms with Crippen LogP contribution in [-0.4, -0.2) is 22.5 Å². The van der Waals surface area contributed by atoms with Crippen molar-refractivity contribution in [2.24, 2.45) is 0 Å². The Morgan fingerprint density at radius 1 is 1.19 bits per heavy atom. The molecule has 0 aliphatic rings. The molecule has 4 nitrogen and oxygen atoms in total. The summed E-state index contributed by atoms with van der Waals surface area (Å²) in [6, 6.07) is 10.1. The Bertz CT molecular complexity index is 468. The monoisotopic (exact) mass is 291 g/mol. The summed E-state index contributed by atoms with van der Waals surface area (Å²) in [7, 11) is 0. The van der Waals surface area contributed by atoms with Crippen molar-refractivity contribution in [1.82, 2.24) is 5.32 Å². The van der Waals surface area contributed by atoms with Crippen LogP contribution in [0.4, 0.5) is 0 Å². The van der Waals surface area contributed by atoms with Gasteiger partial charge in [0.25, 0.3) is 0 Å². The molecule has 0 aromatic heterocycles. The number of carboxylic acids is 1. The van der Waals surface area contributed by atoms with Gasteiger partial charge in [0.05, 0.1) is 0 Å². The van der Waals surface area contributed by atoms with Crippen molar-refractivity contribution in [3.8, 4) is 0 Å². The van der Waals surface area contributed by atoms with Gasteiger partial charge in [-0.3, -0.25) is 9.59 Å². The van der Waals surface area contributed by atoms with Crippen molar-refractivity contribution >= 4 is 11.9 Å². The zero-order valence-electron chi connectivity index (χ0n) is 13.1. The summed E-state index contributed by atoms with van der Waals surface area (Å²) in [5, 5.41) is 11.6. The molecule has 2 N–H and O–H groups in total. The molecule has 0 aliphatic heterocycles. The van der Waals surface area contributed by atoms with Crippen molar-refractivity contribution in [1.29, 1.82) is 0 Å². The lowest BCUT2D eigenvalue weighted by Crippen LogP contribution is -2.43. The van der Waals surface area contributed by atoms with Crippen molar-refractivity contribution in [2.45, 2.75) is 57.9 Å². The fourth-order valence-corrected chi connectivity index (χ4v) is 2.22. The molecule has 0 fully saturated rings. The van der Waals surface area contributed by atoms with E-state index < -0.39 is 11.5 Å². The molecule has 0 spiro atoms. The predicted octanol–water partition coefficient (Wildman–Crippen LogP) is 3.33. The summed E-state index contributed by atoms with van der Waals surface area (Å²) < 4.78 is 0. The van der Waals surface area contributed by atoms with E-state index in [4.69, 9.17) is 5.11 Å². The number of hydrogen-bond donors (Lipinski definition) is 2. The lowest BCUT2D eigenvalue weighted by atomic mass is 9.95. The van der Waals surface area contributed by atoms with Gasteiger partial charge in [-0.15, -0.1) is 0 Å². The van der Waals surface area contributed by atoms with Crippen LogP contribution >= 0.6 is 0 Å². The van der Waals surface area contributed by atoms with Crippen LogP contribution in [0.2, 0.25) is 0 Å². The van der Waals surface area contributed by atoms with Gasteiger partial charge in [-0.1, -0.05) is 37.3 Å². The highest BCUT2D eigenvalue weighted by atomic mass is 16.4. The zero-order chi connectivity index (χ0) is 15.9. The minimum atomic E-state index is -0.838. The van der Waals surface area contributed by atoms with Crippen LogP contribution in [0.1, 0.15) is 57.9 Å².